The van der Waals surface area contributed by atoms with Crippen LogP contribution in [-0.4, -0.2) is 5.11 Å². The predicted octanol–water partition coefficient (Wildman–Crippen LogP) is 3.65. The molecule has 0 aromatic heterocycles. The van der Waals surface area contributed by atoms with Crippen molar-refractivity contribution in [2.24, 2.45) is 0 Å². The molecule has 0 fully saturated rings. The van der Waals surface area contributed by atoms with Crippen LogP contribution in [0.15, 0.2) is 36.4 Å². The van der Waals surface area contributed by atoms with E-state index in [0.29, 0.717) is 11.1 Å². The number of aryl methyl sites for hydroxylation is 1. The molecule has 0 saturated carbocycles. The Kier molecular flexibility index (Phi) is 2.60. The van der Waals surface area contributed by atoms with E-state index in [-0.39, 0.29) is 11.6 Å². The van der Waals surface area contributed by atoms with Crippen LogP contribution in [0.4, 0.5) is 8.78 Å². The van der Waals surface area contributed by atoms with Crippen molar-refractivity contribution < 1.29 is 13.9 Å². The first-order chi connectivity index (χ1) is 7.54. The Bertz CT molecular complexity index is 445. The quantitative estimate of drug-likeness (QED) is 0.777. The lowest BCUT2D eigenvalue weighted by atomic mass is 10.0. The summed E-state index contributed by atoms with van der Waals surface area (Å²) in [6, 6.07) is 8.10. The summed E-state index contributed by atoms with van der Waals surface area (Å²) in [5.41, 5.74) is 1.76. The Labute approximate surface area is 92.0 Å². The van der Waals surface area contributed by atoms with Crippen molar-refractivity contribution in [3.8, 4) is 16.9 Å². The van der Waals surface area contributed by atoms with E-state index in [0.717, 1.165) is 11.6 Å². The molecule has 1 N–H and O–H groups in total. The average molecular weight is 220 g/mol. The number of halogens is 2. The van der Waals surface area contributed by atoms with Gasteiger partial charge in [-0.3, -0.25) is 0 Å². The fourth-order valence-corrected chi connectivity index (χ4v) is 1.64. The molecule has 0 heterocycles. The van der Waals surface area contributed by atoms with Crippen LogP contribution in [0.5, 0.6) is 5.75 Å². The average Bonchev–Trinajstić information content (AvgIpc) is 2.14. The number of hydrogen-bond donors (Lipinski definition) is 1. The summed E-state index contributed by atoms with van der Waals surface area (Å²) in [4.78, 5) is 0. The van der Waals surface area contributed by atoms with Gasteiger partial charge in [-0.15, -0.1) is 0 Å². The van der Waals surface area contributed by atoms with E-state index in [4.69, 9.17) is 0 Å². The second-order valence-electron chi connectivity index (χ2n) is 3.72. The van der Waals surface area contributed by atoms with Crippen LogP contribution < -0.4 is 0 Å². The summed E-state index contributed by atoms with van der Waals surface area (Å²) in [6.07, 6.45) is 0. The third kappa shape index (κ3) is 2.19. The molecule has 0 aliphatic rings. The molecule has 0 aliphatic heterocycles. The molecule has 0 saturated heterocycles. The van der Waals surface area contributed by atoms with Gasteiger partial charge in [0, 0.05) is 6.07 Å². The van der Waals surface area contributed by atoms with E-state index in [2.05, 4.69) is 0 Å². The summed E-state index contributed by atoms with van der Waals surface area (Å²) in [5, 5.41) is 9.26. The third-order valence-electron chi connectivity index (χ3n) is 2.26. The molecular weight excluding hydrogens is 210 g/mol. The van der Waals surface area contributed by atoms with E-state index in [1.165, 1.54) is 24.3 Å². The van der Waals surface area contributed by atoms with E-state index in [1.807, 2.05) is 0 Å². The number of benzene rings is 2. The fraction of sp³-hybridized carbons (Fsp3) is 0.0769. The van der Waals surface area contributed by atoms with E-state index < -0.39 is 5.82 Å². The van der Waals surface area contributed by atoms with Crippen LogP contribution in [0, 0.1) is 18.6 Å². The van der Waals surface area contributed by atoms with E-state index in [1.54, 1.807) is 13.0 Å². The van der Waals surface area contributed by atoms with Gasteiger partial charge in [-0.1, -0.05) is 6.07 Å². The zero-order valence-electron chi connectivity index (χ0n) is 8.67. The van der Waals surface area contributed by atoms with Crippen molar-refractivity contribution in [1.29, 1.82) is 0 Å². The summed E-state index contributed by atoms with van der Waals surface area (Å²) in [5.74, 6) is -1.09. The maximum atomic E-state index is 13.2. The van der Waals surface area contributed by atoms with Crippen LogP contribution in [0.25, 0.3) is 11.1 Å². The Hall–Kier alpha value is -1.90. The molecule has 0 radical (unpaired) electrons. The van der Waals surface area contributed by atoms with Crippen molar-refractivity contribution >= 4 is 0 Å². The van der Waals surface area contributed by atoms with Crippen molar-refractivity contribution in [2.75, 3.05) is 0 Å². The highest BCUT2D eigenvalue weighted by molar-refractivity contribution is 5.65. The van der Waals surface area contributed by atoms with Gasteiger partial charge in [-0.05, 0) is 47.9 Å². The van der Waals surface area contributed by atoms with Crippen LogP contribution in [0.3, 0.4) is 0 Å². The number of rotatable bonds is 1. The van der Waals surface area contributed by atoms with Gasteiger partial charge in [0.2, 0.25) is 0 Å². The first-order valence-electron chi connectivity index (χ1n) is 4.82. The molecule has 0 unspecified atom stereocenters. The van der Waals surface area contributed by atoms with E-state index >= 15 is 0 Å². The molecule has 82 valence electrons. The van der Waals surface area contributed by atoms with Crippen LogP contribution in [-0.2, 0) is 0 Å². The van der Waals surface area contributed by atoms with Gasteiger partial charge in [-0.25, -0.2) is 8.78 Å². The Balaban J connectivity index is 2.57. The fourth-order valence-electron chi connectivity index (χ4n) is 1.64. The maximum Gasteiger partial charge on any atom is 0.127 e. The predicted molar refractivity (Wildman–Crippen MR) is 58.2 cm³/mol. The molecule has 16 heavy (non-hydrogen) atoms. The van der Waals surface area contributed by atoms with Gasteiger partial charge in [0.1, 0.15) is 17.4 Å². The topological polar surface area (TPSA) is 20.2 Å². The number of phenols is 1. The highest BCUT2D eigenvalue weighted by Gasteiger charge is 2.04. The second-order valence-corrected chi connectivity index (χ2v) is 3.72. The normalized spacial score (nSPS) is 10.4. The summed E-state index contributed by atoms with van der Waals surface area (Å²) in [6.45, 7) is 1.76. The molecule has 2 aromatic carbocycles. The first-order valence-corrected chi connectivity index (χ1v) is 4.82. The number of phenolic OH excluding ortho intramolecular Hbond substituents is 1. The summed E-state index contributed by atoms with van der Waals surface area (Å²) >= 11 is 0. The van der Waals surface area contributed by atoms with Crippen molar-refractivity contribution in [3.63, 3.8) is 0 Å². The Morgan fingerprint density at radius 3 is 1.94 bits per heavy atom. The molecule has 2 rings (SSSR count). The van der Waals surface area contributed by atoms with Gasteiger partial charge in [0.25, 0.3) is 0 Å². The SMILES string of the molecule is Cc1cc(F)cc(-c2cc(O)cc(F)c2)c1. The van der Waals surface area contributed by atoms with Gasteiger partial charge < -0.3 is 5.11 Å². The molecule has 2 aromatic rings. The van der Waals surface area contributed by atoms with Crippen molar-refractivity contribution in [1.82, 2.24) is 0 Å². The minimum atomic E-state index is -0.545. The largest absolute Gasteiger partial charge is 0.508 e. The zero-order chi connectivity index (χ0) is 11.7. The van der Waals surface area contributed by atoms with Crippen LogP contribution in [0.1, 0.15) is 5.56 Å². The molecule has 1 nitrogen and oxygen atoms in total. The van der Waals surface area contributed by atoms with Gasteiger partial charge in [-0.2, -0.15) is 0 Å². The summed E-state index contributed by atoms with van der Waals surface area (Å²) < 4.78 is 26.2. The Morgan fingerprint density at radius 2 is 1.38 bits per heavy atom. The van der Waals surface area contributed by atoms with Gasteiger partial charge in [0.15, 0.2) is 0 Å². The molecule has 0 amide bonds. The molecular formula is C13H10F2O. The minimum Gasteiger partial charge on any atom is -0.508 e. The molecule has 0 atom stereocenters. The summed E-state index contributed by atoms with van der Waals surface area (Å²) in [7, 11) is 0. The molecule has 0 bridgehead atoms. The lowest BCUT2D eigenvalue weighted by Gasteiger charge is -2.05. The van der Waals surface area contributed by atoms with E-state index in [9.17, 15) is 13.9 Å². The molecule has 0 spiro atoms. The third-order valence-corrected chi connectivity index (χ3v) is 2.26. The van der Waals surface area contributed by atoms with Crippen molar-refractivity contribution in [3.05, 3.63) is 53.6 Å². The highest BCUT2D eigenvalue weighted by Crippen LogP contribution is 2.26. The monoisotopic (exact) mass is 220 g/mol. The lowest BCUT2D eigenvalue weighted by Crippen LogP contribution is -1.85. The van der Waals surface area contributed by atoms with Gasteiger partial charge in [0.05, 0.1) is 0 Å². The lowest BCUT2D eigenvalue weighted by molar-refractivity contribution is 0.469. The Morgan fingerprint density at radius 1 is 0.812 bits per heavy atom. The first kappa shape index (κ1) is 10.6. The molecule has 0 aliphatic carbocycles. The smallest absolute Gasteiger partial charge is 0.127 e. The standard InChI is InChI=1S/C13H10F2O/c1-8-2-9(4-11(14)3-8)10-5-12(15)7-13(16)6-10/h2-7,16H,1H3. The van der Waals surface area contributed by atoms with Gasteiger partial charge >= 0.3 is 0 Å². The van der Waals surface area contributed by atoms with Crippen molar-refractivity contribution in [2.45, 2.75) is 6.92 Å². The molecule has 3 heteroatoms. The minimum absolute atomic E-state index is 0.170. The zero-order valence-corrected chi connectivity index (χ0v) is 8.67. The maximum absolute atomic E-state index is 13.2. The number of hydrogen-bond acceptors (Lipinski definition) is 1. The highest BCUT2D eigenvalue weighted by atomic mass is 19.1. The van der Waals surface area contributed by atoms with Crippen LogP contribution >= 0.6 is 0 Å². The van der Waals surface area contributed by atoms with Crippen LogP contribution in [0.2, 0.25) is 0 Å². The second kappa shape index (κ2) is 3.93. The number of aromatic hydroxyl groups is 1.